The summed E-state index contributed by atoms with van der Waals surface area (Å²) in [6.45, 7) is 2.82. The summed E-state index contributed by atoms with van der Waals surface area (Å²) >= 11 is 0. The van der Waals surface area contributed by atoms with Gasteiger partial charge in [0.1, 0.15) is 0 Å². The summed E-state index contributed by atoms with van der Waals surface area (Å²) in [6, 6.07) is 7.84. The number of benzene rings is 1. The number of hydrogen-bond acceptors (Lipinski definition) is 3. The van der Waals surface area contributed by atoms with Gasteiger partial charge in [0.2, 0.25) is 11.8 Å². The minimum atomic E-state index is 0. The van der Waals surface area contributed by atoms with Gasteiger partial charge in [-0.3, -0.25) is 9.59 Å². The number of halogens is 1. The van der Waals surface area contributed by atoms with Crippen LogP contribution in [0.1, 0.15) is 18.4 Å². The van der Waals surface area contributed by atoms with E-state index in [1.807, 2.05) is 24.3 Å². The molecule has 5 nitrogen and oxygen atoms in total. The van der Waals surface area contributed by atoms with E-state index in [2.05, 4.69) is 10.6 Å². The van der Waals surface area contributed by atoms with E-state index in [4.69, 9.17) is 0 Å². The monoisotopic (exact) mass is 323 g/mol. The van der Waals surface area contributed by atoms with Crippen LogP contribution in [-0.2, 0) is 16.0 Å². The smallest absolute Gasteiger partial charge is 0.231 e. The van der Waals surface area contributed by atoms with Crippen molar-refractivity contribution in [3.05, 3.63) is 29.8 Å². The average Bonchev–Trinajstić information content (AvgIpc) is 2.84. The maximum absolute atomic E-state index is 12.0. The molecule has 1 aromatic rings. The molecule has 6 heteroatoms. The molecule has 3 rings (SSSR count). The van der Waals surface area contributed by atoms with Gasteiger partial charge in [0.25, 0.3) is 0 Å². The largest absolute Gasteiger partial charge is 0.354 e. The van der Waals surface area contributed by atoms with Crippen LogP contribution in [0.5, 0.6) is 0 Å². The summed E-state index contributed by atoms with van der Waals surface area (Å²) in [6.07, 6.45) is 2.47. The lowest BCUT2D eigenvalue weighted by Crippen LogP contribution is -2.43. The van der Waals surface area contributed by atoms with Gasteiger partial charge in [0.05, 0.1) is 12.3 Å². The highest BCUT2D eigenvalue weighted by molar-refractivity contribution is 6.01. The fourth-order valence-corrected chi connectivity index (χ4v) is 3.07. The maximum atomic E-state index is 12.0. The highest BCUT2D eigenvalue weighted by Gasteiger charge is 2.26. The first kappa shape index (κ1) is 16.8. The normalized spacial score (nSPS) is 20.3. The van der Waals surface area contributed by atoms with Gasteiger partial charge in [0, 0.05) is 25.3 Å². The molecule has 0 radical (unpaired) electrons. The fourth-order valence-electron chi connectivity index (χ4n) is 3.07. The van der Waals surface area contributed by atoms with Crippen molar-refractivity contribution in [1.82, 2.24) is 10.6 Å². The van der Waals surface area contributed by atoms with Crippen molar-refractivity contribution in [2.75, 3.05) is 31.1 Å². The number of anilines is 1. The zero-order chi connectivity index (χ0) is 14.7. The molecule has 0 saturated carbocycles. The van der Waals surface area contributed by atoms with E-state index in [0.29, 0.717) is 19.5 Å². The molecule has 1 fully saturated rings. The molecule has 1 saturated heterocycles. The Balaban J connectivity index is 0.00000176. The topological polar surface area (TPSA) is 61.4 Å². The number of fused-ring (bicyclic) bond motifs is 1. The molecule has 2 aliphatic rings. The summed E-state index contributed by atoms with van der Waals surface area (Å²) < 4.78 is 0. The molecular weight excluding hydrogens is 302 g/mol. The van der Waals surface area contributed by atoms with Gasteiger partial charge in [-0.05, 0) is 31.0 Å². The van der Waals surface area contributed by atoms with E-state index in [1.54, 1.807) is 4.90 Å². The quantitative estimate of drug-likeness (QED) is 0.872. The lowest BCUT2D eigenvalue weighted by atomic mass is 9.99. The van der Waals surface area contributed by atoms with E-state index in [9.17, 15) is 9.59 Å². The van der Waals surface area contributed by atoms with E-state index < -0.39 is 0 Å². The number of para-hydroxylation sites is 1. The van der Waals surface area contributed by atoms with Gasteiger partial charge < -0.3 is 15.5 Å². The first-order valence-corrected chi connectivity index (χ1v) is 7.62. The van der Waals surface area contributed by atoms with Gasteiger partial charge in [-0.15, -0.1) is 12.4 Å². The second kappa shape index (κ2) is 7.61. The standard InChI is InChI=1S/C16H21N3O2.ClH/c20-15-10-12-4-1-2-6-14(12)19(15)9-8-18-16(21)13-5-3-7-17-11-13;/h1-2,4,6,13,17H,3,5,7-11H2,(H,18,21);1H. The second-order valence-corrected chi connectivity index (χ2v) is 5.69. The molecule has 0 aromatic heterocycles. The molecule has 2 aliphatic heterocycles. The van der Waals surface area contributed by atoms with Crippen molar-refractivity contribution in [1.29, 1.82) is 0 Å². The predicted octanol–water partition coefficient (Wildman–Crippen LogP) is 1.11. The van der Waals surface area contributed by atoms with Crippen molar-refractivity contribution in [3.8, 4) is 0 Å². The molecular formula is C16H22ClN3O2. The third-order valence-electron chi connectivity index (χ3n) is 4.23. The van der Waals surface area contributed by atoms with Crippen LogP contribution in [0.3, 0.4) is 0 Å². The molecule has 0 bridgehead atoms. The van der Waals surface area contributed by atoms with Gasteiger partial charge in [-0.1, -0.05) is 18.2 Å². The Bertz CT molecular complexity index is 544. The number of carbonyl (C=O) groups is 2. The average molecular weight is 324 g/mol. The van der Waals surface area contributed by atoms with E-state index in [0.717, 1.165) is 37.2 Å². The van der Waals surface area contributed by atoms with Gasteiger partial charge in [-0.25, -0.2) is 0 Å². The summed E-state index contributed by atoms with van der Waals surface area (Å²) in [5.74, 6) is 0.284. The molecule has 22 heavy (non-hydrogen) atoms. The van der Waals surface area contributed by atoms with Crippen molar-refractivity contribution in [3.63, 3.8) is 0 Å². The molecule has 120 valence electrons. The lowest BCUT2D eigenvalue weighted by molar-refractivity contribution is -0.125. The number of piperidine rings is 1. The number of carbonyl (C=O) groups excluding carboxylic acids is 2. The Morgan fingerprint density at radius 3 is 2.95 bits per heavy atom. The highest BCUT2D eigenvalue weighted by Crippen LogP contribution is 2.27. The van der Waals surface area contributed by atoms with Crippen LogP contribution < -0.4 is 15.5 Å². The Morgan fingerprint density at radius 2 is 2.18 bits per heavy atom. The number of hydrogen-bond donors (Lipinski definition) is 2. The van der Waals surface area contributed by atoms with Crippen LogP contribution in [0, 0.1) is 5.92 Å². The van der Waals surface area contributed by atoms with Crippen molar-refractivity contribution in [2.45, 2.75) is 19.3 Å². The third kappa shape index (κ3) is 3.59. The molecule has 1 unspecified atom stereocenters. The van der Waals surface area contributed by atoms with Crippen LogP contribution in [0.2, 0.25) is 0 Å². The first-order valence-electron chi connectivity index (χ1n) is 7.62. The SMILES string of the molecule is Cl.O=C(NCCN1C(=O)Cc2ccccc21)C1CCCNC1. The van der Waals surface area contributed by atoms with Crippen LogP contribution in [0.15, 0.2) is 24.3 Å². The third-order valence-corrected chi connectivity index (χ3v) is 4.23. The number of rotatable bonds is 4. The van der Waals surface area contributed by atoms with Crippen molar-refractivity contribution < 1.29 is 9.59 Å². The predicted molar refractivity (Wildman–Crippen MR) is 88.4 cm³/mol. The number of nitrogens with one attached hydrogen (secondary N) is 2. The molecule has 2 heterocycles. The Labute approximate surface area is 136 Å². The molecule has 1 aromatic carbocycles. The van der Waals surface area contributed by atoms with Crippen molar-refractivity contribution in [2.24, 2.45) is 5.92 Å². The maximum Gasteiger partial charge on any atom is 0.231 e. The van der Waals surface area contributed by atoms with Crippen LogP contribution in [-0.4, -0.2) is 38.0 Å². The summed E-state index contributed by atoms with van der Waals surface area (Å²) in [7, 11) is 0. The van der Waals surface area contributed by atoms with E-state index in [-0.39, 0.29) is 30.1 Å². The number of nitrogens with zero attached hydrogens (tertiary/aromatic N) is 1. The lowest BCUT2D eigenvalue weighted by Gasteiger charge is -2.23. The summed E-state index contributed by atoms with van der Waals surface area (Å²) in [4.78, 5) is 25.8. The van der Waals surface area contributed by atoms with Gasteiger partial charge in [-0.2, -0.15) is 0 Å². The van der Waals surface area contributed by atoms with Crippen LogP contribution in [0.4, 0.5) is 5.69 Å². The van der Waals surface area contributed by atoms with E-state index >= 15 is 0 Å². The Hall–Kier alpha value is -1.59. The fraction of sp³-hybridized carbons (Fsp3) is 0.500. The van der Waals surface area contributed by atoms with Crippen LogP contribution >= 0.6 is 12.4 Å². The molecule has 2 amide bonds. The minimum absolute atomic E-state index is 0. The van der Waals surface area contributed by atoms with Crippen LogP contribution in [0.25, 0.3) is 0 Å². The molecule has 0 aliphatic carbocycles. The summed E-state index contributed by atoms with van der Waals surface area (Å²) in [5, 5.41) is 6.20. The molecule has 1 atom stereocenters. The highest BCUT2D eigenvalue weighted by atomic mass is 35.5. The first-order chi connectivity index (χ1) is 10.3. The Kier molecular flexibility index (Phi) is 5.80. The van der Waals surface area contributed by atoms with Gasteiger partial charge >= 0.3 is 0 Å². The summed E-state index contributed by atoms with van der Waals surface area (Å²) in [5.41, 5.74) is 2.06. The molecule has 0 spiro atoms. The zero-order valence-corrected chi connectivity index (χ0v) is 13.3. The molecule has 2 N–H and O–H groups in total. The van der Waals surface area contributed by atoms with E-state index in [1.165, 1.54) is 0 Å². The second-order valence-electron chi connectivity index (χ2n) is 5.69. The Morgan fingerprint density at radius 1 is 1.36 bits per heavy atom. The minimum Gasteiger partial charge on any atom is -0.354 e. The van der Waals surface area contributed by atoms with Gasteiger partial charge in [0.15, 0.2) is 0 Å². The zero-order valence-electron chi connectivity index (χ0n) is 12.5. The van der Waals surface area contributed by atoms with Crippen molar-refractivity contribution >= 4 is 29.9 Å². The number of amides is 2.